The fourth-order valence-corrected chi connectivity index (χ4v) is 5.05. The number of thioether (sulfide) groups is 1. The SMILES string of the molecule is CCOP1CC1c1ccc(SCCCN)c(C(C)(F)F)c1. The van der Waals surface area contributed by atoms with Crippen molar-refractivity contribution in [2.24, 2.45) is 5.73 Å². The second-order valence-corrected chi connectivity index (χ2v) is 8.39. The van der Waals surface area contributed by atoms with E-state index in [1.807, 2.05) is 19.1 Å². The van der Waals surface area contributed by atoms with E-state index in [9.17, 15) is 8.78 Å². The minimum atomic E-state index is -2.82. The largest absolute Gasteiger partial charge is 0.359 e. The Bertz CT molecular complexity index is 481. The van der Waals surface area contributed by atoms with Crippen molar-refractivity contribution in [3.63, 3.8) is 0 Å². The summed E-state index contributed by atoms with van der Waals surface area (Å²) in [5.41, 5.74) is 6.93. The molecule has 0 bridgehead atoms. The van der Waals surface area contributed by atoms with E-state index in [1.165, 1.54) is 11.8 Å². The van der Waals surface area contributed by atoms with Gasteiger partial charge in [-0.3, -0.25) is 0 Å². The average Bonchev–Trinajstić information content (AvgIpc) is 3.18. The fraction of sp³-hybridized carbons (Fsp3) is 0.600. The molecule has 1 aromatic rings. The van der Waals surface area contributed by atoms with Gasteiger partial charge in [-0.1, -0.05) is 6.07 Å². The molecule has 1 saturated heterocycles. The van der Waals surface area contributed by atoms with Gasteiger partial charge in [0.15, 0.2) is 0 Å². The molecule has 0 aliphatic carbocycles. The van der Waals surface area contributed by atoms with Gasteiger partial charge in [-0.2, -0.15) is 0 Å². The molecule has 1 fully saturated rings. The van der Waals surface area contributed by atoms with Gasteiger partial charge in [-0.25, -0.2) is 8.78 Å². The van der Waals surface area contributed by atoms with Gasteiger partial charge in [0.1, 0.15) is 0 Å². The zero-order chi connectivity index (χ0) is 15.5. The molecule has 2 atom stereocenters. The zero-order valence-electron chi connectivity index (χ0n) is 12.4. The molecule has 2 nitrogen and oxygen atoms in total. The van der Waals surface area contributed by atoms with Crippen LogP contribution in [0.15, 0.2) is 23.1 Å². The average molecular weight is 333 g/mol. The van der Waals surface area contributed by atoms with Crippen molar-refractivity contribution in [2.45, 2.75) is 36.7 Å². The van der Waals surface area contributed by atoms with Gasteiger partial charge < -0.3 is 10.3 Å². The number of hydrogen-bond acceptors (Lipinski definition) is 3. The molecule has 2 N–H and O–H groups in total. The van der Waals surface area contributed by atoms with Crippen LogP contribution in [-0.2, 0) is 10.4 Å². The molecular weight excluding hydrogens is 311 g/mol. The van der Waals surface area contributed by atoms with Crippen LogP contribution in [-0.4, -0.2) is 25.1 Å². The van der Waals surface area contributed by atoms with Gasteiger partial charge in [-0.15, -0.1) is 11.8 Å². The third-order valence-electron chi connectivity index (χ3n) is 3.33. The van der Waals surface area contributed by atoms with Gasteiger partial charge in [0.2, 0.25) is 0 Å². The Hall–Kier alpha value is -0.220. The number of hydrogen-bond donors (Lipinski definition) is 1. The van der Waals surface area contributed by atoms with E-state index in [-0.39, 0.29) is 5.56 Å². The minimum absolute atomic E-state index is 0.139. The highest BCUT2D eigenvalue weighted by atomic mass is 32.2. The molecule has 0 saturated carbocycles. The molecule has 0 spiro atoms. The topological polar surface area (TPSA) is 35.2 Å². The quantitative estimate of drug-likeness (QED) is 0.424. The Morgan fingerprint density at radius 2 is 2.24 bits per heavy atom. The molecule has 21 heavy (non-hydrogen) atoms. The lowest BCUT2D eigenvalue weighted by atomic mass is 10.0. The third kappa shape index (κ3) is 4.62. The van der Waals surface area contributed by atoms with Crippen LogP contribution in [0, 0.1) is 0 Å². The highest BCUT2D eigenvalue weighted by Crippen LogP contribution is 2.70. The molecule has 1 aliphatic heterocycles. The number of benzene rings is 1. The Morgan fingerprint density at radius 1 is 1.48 bits per heavy atom. The summed E-state index contributed by atoms with van der Waals surface area (Å²) < 4.78 is 33.4. The first-order valence-corrected chi connectivity index (χ1v) is 9.72. The third-order valence-corrected chi connectivity index (χ3v) is 6.51. The zero-order valence-corrected chi connectivity index (χ0v) is 14.2. The van der Waals surface area contributed by atoms with E-state index in [2.05, 4.69) is 0 Å². The molecule has 2 unspecified atom stereocenters. The van der Waals surface area contributed by atoms with Crippen molar-refractivity contribution >= 4 is 19.9 Å². The molecule has 1 heterocycles. The summed E-state index contributed by atoms with van der Waals surface area (Å²) in [5.74, 6) is -2.04. The molecular formula is C15H22F2NOPS. The number of halogens is 2. The monoisotopic (exact) mass is 333 g/mol. The van der Waals surface area contributed by atoms with Crippen molar-refractivity contribution < 1.29 is 13.3 Å². The van der Waals surface area contributed by atoms with E-state index in [4.69, 9.17) is 10.3 Å². The van der Waals surface area contributed by atoms with E-state index >= 15 is 0 Å². The lowest BCUT2D eigenvalue weighted by Crippen LogP contribution is -2.10. The maximum atomic E-state index is 13.9. The highest BCUT2D eigenvalue weighted by molar-refractivity contribution is 7.99. The molecule has 1 aromatic carbocycles. The molecule has 0 radical (unpaired) electrons. The van der Waals surface area contributed by atoms with Crippen LogP contribution in [0.3, 0.4) is 0 Å². The van der Waals surface area contributed by atoms with Crippen molar-refractivity contribution in [1.82, 2.24) is 0 Å². The second kappa shape index (κ2) is 7.36. The van der Waals surface area contributed by atoms with Crippen molar-refractivity contribution in [3.8, 4) is 0 Å². The molecule has 2 rings (SSSR count). The van der Waals surface area contributed by atoms with Crippen LogP contribution >= 0.6 is 19.9 Å². The Labute approximate surface area is 130 Å². The highest BCUT2D eigenvalue weighted by Gasteiger charge is 2.40. The summed E-state index contributed by atoms with van der Waals surface area (Å²) in [5, 5.41) is 0. The van der Waals surface area contributed by atoms with E-state index in [0.717, 1.165) is 30.8 Å². The number of nitrogens with two attached hydrogens (primary N) is 1. The molecule has 118 valence electrons. The van der Waals surface area contributed by atoms with Gasteiger partial charge in [0, 0.05) is 44.0 Å². The normalized spacial score (nSPS) is 21.6. The lowest BCUT2D eigenvalue weighted by Gasteiger charge is -2.17. The van der Waals surface area contributed by atoms with Gasteiger partial charge in [0.25, 0.3) is 5.92 Å². The first-order chi connectivity index (χ1) is 9.97. The summed E-state index contributed by atoms with van der Waals surface area (Å²) in [6.07, 6.45) is 1.83. The second-order valence-electron chi connectivity index (χ2n) is 5.17. The first-order valence-electron chi connectivity index (χ1n) is 7.22. The van der Waals surface area contributed by atoms with Gasteiger partial charge in [-0.05, 0) is 43.3 Å². The minimum Gasteiger partial charge on any atom is -0.359 e. The van der Waals surface area contributed by atoms with E-state index < -0.39 is 14.1 Å². The molecule has 0 amide bonds. The van der Waals surface area contributed by atoms with Gasteiger partial charge >= 0.3 is 0 Å². The maximum absolute atomic E-state index is 13.9. The number of alkyl halides is 2. The fourth-order valence-electron chi connectivity index (χ4n) is 2.19. The van der Waals surface area contributed by atoms with Crippen LogP contribution in [0.2, 0.25) is 0 Å². The first kappa shape index (κ1) is 17.1. The standard InChI is InChI=1S/C15H22F2NOPS/c1-3-19-20-10-13(20)11-5-6-14(21-8-4-7-18)12(9-11)15(2,16)17/h5-6,9,13H,3-4,7-8,10,18H2,1-2H3. The van der Waals surface area contributed by atoms with Crippen molar-refractivity contribution in [2.75, 3.05) is 25.1 Å². The smallest absolute Gasteiger partial charge is 0.271 e. The summed E-state index contributed by atoms with van der Waals surface area (Å²) in [6, 6.07) is 5.49. The Balaban J connectivity index is 2.16. The van der Waals surface area contributed by atoms with E-state index in [1.54, 1.807) is 6.07 Å². The van der Waals surface area contributed by atoms with Crippen molar-refractivity contribution in [1.29, 1.82) is 0 Å². The molecule has 6 heteroatoms. The lowest BCUT2D eigenvalue weighted by molar-refractivity contribution is 0.0146. The Kier molecular flexibility index (Phi) is 6.01. The predicted octanol–water partition coefficient (Wildman–Crippen LogP) is 4.73. The molecule has 1 aliphatic rings. The van der Waals surface area contributed by atoms with Crippen LogP contribution in [0.25, 0.3) is 0 Å². The summed E-state index contributed by atoms with van der Waals surface area (Å²) in [4.78, 5) is 0.668. The van der Waals surface area contributed by atoms with Crippen LogP contribution < -0.4 is 5.73 Å². The Morgan fingerprint density at radius 3 is 2.86 bits per heavy atom. The summed E-state index contributed by atoms with van der Waals surface area (Å²) in [7, 11) is -0.430. The van der Waals surface area contributed by atoms with Crippen LogP contribution in [0.1, 0.15) is 37.1 Å². The summed E-state index contributed by atoms with van der Waals surface area (Å²) in [6.45, 7) is 4.23. The van der Waals surface area contributed by atoms with Gasteiger partial charge in [0.05, 0.1) is 0 Å². The van der Waals surface area contributed by atoms with Crippen LogP contribution in [0.5, 0.6) is 0 Å². The number of rotatable bonds is 8. The van der Waals surface area contributed by atoms with E-state index in [0.29, 0.717) is 23.7 Å². The predicted molar refractivity (Wildman–Crippen MR) is 86.6 cm³/mol. The summed E-state index contributed by atoms with van der Waals surface area (Å²) >= 11 is 1.46. The van der Waals surface area contributed by atoms with Crippen LogP contribution in [0.4, 0.5) is 8.78 Å². The molecule has 0 aromatic heterocycles. The van der Waals surface area contributed by atoms with Crippen molar-refractivity contribution in [3.05, 3.63) is 29.3 Å². The maximum Gasteiger partial charge on any atom is 0.271 e.